The molecule has 0 saturated heterocycles. The highest BCUT2D eigenvalue weighted by atomic mass is 16.2. The molecular formula is C13H18N2O. The number of nitrogens with one attached hydrogen (secondary N) is 1. The Hall–Kier alpha value is -1.51. The standard InChI is InChI=1S/C13H18N2O/c1-9(2)15-12(16)13(7-8-13)10-3-5-11(14)6-4-10/h3-6,9H,7-8,14H2,1-2H3,(H,15,16). The Kier molecular flexibility index (Phi) is 2.62. The van der Waals surface area contributed by atoms with Crippen LogP contribution in [0.4, 0.5) is 5.69 Å². The number of anilines is 1. The van der Waals surface area contributed by atoms with Crippen molar-refractivity contribution >= 4 is 11.6 Å². The first-order valence-electron chi connectivity index (χ1n) is 5.71. The van der Waals surface area contributed by atoms with Gasteiger partial charge in [-0.1, -0.05) is 12.1 Å². The van der Waals surface area contributed by atoms with E-state index in [1.165, 1.54) is 0 Å². The van der Waals surface area contributed by atoms with Crippen molar-refractivity contribution in [3.05, 3.63) is 29.8 Å². The molecule has 16 heavy (non-hydrogen) atoms. The van der Waals surface area contributed by atoms with Crippen LogP contribution in [0.1, 0.15) is 32.3 Å². The molecule has 1 aromatic carbocycles. The van der Waals surface area contributed by atoms with Crippen LogP contribution in [0.25, 0.3) is 0 Å². The van der Waals surface area contributed by atoms with Crippen molar-refractivity contribution in [2.75, 3.05) is 5.73 Å². The average Bonchev–Trinajstić information content (AvgIpc) is 2.98. The minimum absolute atomic E-state index is 0.146. The van der Waals surface area contributed by atoms with Crippen molar-refractivity contribution in [3.8, 4) is 0 Å². The molecule has 3 N–H and O–H groups in total. The second-order valence-electron chi connectivity index (χ2n) is 4.83. The van der Waals surface area contributed by atoms with Crippen LogP contribution in [0.3, 0.4) is 0 Å². The van der Waals surface area contributed by atoms with Crippen LogP contribution in [-0.4, -0.2) is 11.9 Å². The van der Waals surface area contributed by atoms with Gasteiger partial charge < -0.3 is 11.1 Å². The molecule has 0 heterocycles. The monoisotopic (exact) mass is 218 g/mol. The highest BCUT2D eigenvalue weighted by Crippen LogP contribution is 2.48. The molecule has 2 rings (SSSR count). The Morgan fingerprint density at radius 3 is 2.31 bits per heavy atom. The van der Waals surface area contributed by atoms with Crippen LogP contribution >= 0.6 is 0 Å². The predicted molar refractivity (Wildman–Crippen MR) is 65.0 cm³/mol. The molecule has 1 saturated carbocycles. The quantitative estimate of drug-likeness (QED) is 0.760. The largest absolute Gasteiger partial charge is 0.399 e. The van der Waals surface area contributed by atoms with Gasteiger partial charge in [-0.2, -0.15) is 0 Å². The predicted octanol–water partition coefficient (Wildman–Crippen LogP) is 1.82. The molecule has 0 unspecified atom stereocenters. The zero-order chi connectivity index (χ0) is 11.8. The van der Waals surface area contributed by atoms with E-state index >= 15 is 0 Å². The summed E-state index contributed by atoms with van der Waals surface area (Å²) in [4.78, 5) is 12.1. The van der Waals surface area contributed by atoms with Crippen LogP contribution in [-0.2, 0) is 10.2 Å². The summed E-state index contributed by atoms with van der Waals surface area (Å²) in [6.45, 7) is 3.97. The summed E-state index contributed by atoms with van der Waals surface area (Å²) in [5.74, 6) is 0.146. The Bertz CT molecular complexity index is 391. The van der Waals surface area contributed by atoms with Crippen molar-refractivity contribution in [1.82, 2.24) is 5.32 Å². The lowest BCUT2D eigenvalue weighted by atomic mass is 9.94. The first kappa shape index (κ1) is 11.0. The lowest BCUT2D eigenvalue weighted by molar-refractivity contribution is -0.124. The van der Waals surface area contributed by atoms with E-state index in [1.54, 1.807) is 0 Å². The first-order chi connectivity index (χ1) is 7.54. The summed E-state index contributed by atoms with van der Waals surface area (Å²) in [5, 5.41) is 2.99. The SMILES string of the molecule is CC(C)NC(=O)C1(c2ccc(N)cc2)CC1. The highest BCUT2D eigenvalue weighted by molar-refractivity contribution is 5.91. The molecule has 0 aromatic heterocycles. The van der Waals surface area contributed by atoms with Gasteiger partial charge in [0.05, 0.1) is 5.41 Å². The summed E-state index contributed by atoms with van der Waals surface area (Å²) in [6.07, 6.45) is 1.88. The molecule has 0 atom stereocenters. The molecule has 3 heteroatoms. The Morgan fingerprint density at radius 2 is 1.88 bits per heavy atom. The maximum absolute atomic E-state index is 12.1. The molecule has 1 amide bonds. The van der Waals surface area contributed by atoms with Gasteiger partial charge in [-0.05, 0) is 44.4 Å². The average molecular weight is 218 g/mol. The normalized spacial score (nSPS) is 17.2. The van der Waals surface area contributed by atoms with Gasteiger partial charge in [0.2, 0.25) is 5.91 Å². The lowest BCUT2D eigenvalue weighted by Crippen LogP contribution is -2.38. The van der Waals surface area contributed by atoms with Gasteiger partial charge in [-0.25, -0.2) is 0 Å². The molecule has 0 bridgehead atoms. The van der Waals surface area contributed by atoms with E-state index in [0.717, 1.165) is 24.1 Å². The van der Waals surface area contributed by atoms with Gasteiger partial charge in [0.1, 0.15) is 0 Å². The maximum Gasteiger partial charge on any atom is 0.230 e. The number of rotatable bonds is 3. The fourth-order valence-corrected chi connectivity index (χ4v) is 1.97. The van der Waals surface area contributed by atoms with Gasteiger partial charge in [0, 0.05) is 11.7 Å². The summed E-state index contributed by atoms with van der Waals surface area (Å²) in [7, 11) is 0. The molecule has 0 aliphatic heterocycles. The molecule has 1 aliphatic rings. The number of nitrogens with two attached hydrogens (primary N) is 1. The molecular weight excluding hydrogens is 200 g/mol. The van der Waals surface area contributed by atoms with Gasteiger partial charge >= 0.3 is 0 Å². The Balaban J connectivity index is 2.19. The second kappa shape index (κ2) is 3.81. The topological polar surface area (TPSA) is 55.1 Å². The Morgan fingerprint density at radius 1 is 1.31 bits per heavy atom. The first-order valence-corrected chi connectivity index (χ1v) is 5.71. The van der Waals surface area contributed by atoms with Crippen molar-refractivity contribution < 1.29 is 4.79 Å². The number of hydrogen-bond donors (Lipinski definition) is 2. The number of hydrogen-bond acceptors (Lipinski definition) is 2. The van der Waals surface area contributed by atoms with E-state index in [9.17, 15) is 4.79 Å². The summed E-state index contributed by atoms with van der Waals surface area (Å²) < 4.78 is 0. The summed E-state index contributed by atoms with van der Waals surface area (Å²) >= 11 is 0. The molecule has 0 spiro atoms. The third kappa shape index (κ3) is 1.90. The second-order valence-corrected chi connectivity index (χ2v) is 4.83. The van der Waals surface area contributed by atoms with Gasteiger partial charge in [0.15, 0.2) is 0 Å². The van der Waals surface area contributed by atoms with E-state index in [-0.39, 0.29) is 17.4 Å². The van der Waals surface area contributed by atoms with Gasteiger partial charge in [0.25, 0.3) is 0 Å². The number of nitrogen functional groups attached to an aromatic ring is 1. The fourth-order valence-electron chi connectivity index (χ4n) is 1.97. The fraction of sp³-hybridized carbons (Fsp3) is 0.462. The van der Waals surface area contributed by atoms with E-state index in [4.69, 9.17) is 5.73 Å². The number of benzene rings is 1. The number of carbonyl (C=O) groups excluding carboxylic acids is 1. The van der Waals surface area contributed by atoms with Crippen LogP contribution < -0.4 is 11.1 Å². The minimum atomic E-state index is -0.280. The molecule has 0 radical (unpaired) electrons. The van der Waals surface area contributed by atoms with Crippen LogP contribution in [0.5, 0.6) is 0 Å². The zero-order valence-electron chi connectivity index (χ0n) is 9.79. The number of amides is 1. The van der Waals surface area contributed by atoms with E-state index in [2.05, 4.69) is 5.32 Å². The summed E-state index contributed by atoms with van der Waals surface area (Å²) in [5.41, 5.74) is 7.19. The van der Waals surface area contributed by atoms with Gasteiger partial charge in [-0.3, -0.25) is 4.79 Å². The minimum Gasteiger partial charge on any atom is -0.399 e. The van der Waals surface area contributed by atoms with Gasteiger partial charge in [-0.15, -0.1) is 0 Å². The third-order valence-corrected chi connectivity index (χ3v) is 3.07. The summed E-state index contributed by atoms with van der Waals surface area (Å²) in [6, 6.07) is 7.83. The molecule has 86 valence electrons. The van der Waals surface area contributed by atoms with Crippen LogP contribution in [0.2, 0.25) is 0 Å². The lowest BCUT2D eigenvalue weighted by Gasteiger charge is -2.17. The van der Waals surface area contributed by atoms with E-state index in [0.29, 0.717) is 0 Å². The molecule has 3 nitrogen and oxygen atoms in total. The van der Waals surface area contributed by atoms with E-state index < -0.39 is 0 Å². The van der Waals surface area contributed by atoms with Crippen molar-refractivity contribution in [2.24, 2.45) is 0 Å². The van der Waals surface area contributed by atoms with Crippen LogP contribution in [0, 0.1) is 0 Å². The third-order valence-electron chi connectivity index (χ3n) is 3.07. The van der Waals surface area contributed by atoms with Crippen molar-refractivity contribution in [3.63, 3.8) is 0 Å². The maximum atomic E-state index is 12.1. The number of carbonyl (C=O) groups is 1. The van der Waals surface area contributed by atoms with Crippen molar-refractivity contribution in [2.45, 2.75) is 38.1 Å². The zero-order valence-corrected chi connectivity index (χ0v) is 9.79. The van der Waals surface area contributed by atoms with Crippen LogP contribution in [0.15, 0.2) is 24.3 Å². The highest BCUT2D eigenvalue weighted by Gasteiger charge is 2.51. The Labute approximate surface area is 96.0 Å². The smallest absolute Gasteiger partial charge is 0.230 e. The van der Waals surface area contributed by atoms with Crippen molar-refractivity contribution in [1.29, 1.82) is 0 Å². The molecule has 1 aromatic rings. The molecule has 1 fully saturated rings. The molecule has 1 aliphatic carbocycles. The van der Waals surface area contributed by atoms with E-state index in [1.807, 2.05) is 38.1 Å².